The summed E-state index contributed by atoms with van der Waals surface area (Å²) in [5, 5.41) is 15.9. The van der Waals surface area contributed by atoms with E-state index < -0.39 is 0 Å². The Morgan fingerprint density at radius 1 is 1.55 bits per heavy atom. The maximum absolute atomic E-state index is 12.0. The Kier molecular flexibility index (Phi) is 7.19. The average molecular weight is 317 g/mol. The summed E-state index contributed by atoms with van der Waals surface area (Å²) in [6, 6.07) is 5.55. The number of amides is 1. The van der Waals surface area contributed by atoms with E-state index >= 15 is 0 Å². The first-order chi connectivity index (χ1) is 9.19. The maximum Gasteiger partial charge on any atom is 0.226 e. The van der Waals surface area contributed by atoms with Crippen LogP contribution in [0.1, 0.15) is 18.9 Å². The van der Waals surface area contributed by atoms with Crippen LogP contribution in [-0.4, -0.2) is 35.1 Å². The Hall–Kier alpha value is -0.910. The molecule has 1 saturated heterocycles. The highest BCUT2D eigenvalue weighted by Crippen LogP contribution is 2.24. The topological polar surface area (TPSA) is 61.4 Å². The number of hydrogen-bond donors (Lipinski definition) is 3. The highest BCUT2D eigenvalue weighted by atomic mass is 35.5. The van der Waals surface area contributed by atoms with Crippen molar-refractivity contribution in [3.63, 3.8) is 0 Å². The van der Waals surface area contributed by atoms with Crippen molar-refractivity contribution in [1.29, 1.82) is 0 Å². The zero-order valence-electron chi connectivity index (χ0n) is 11.5. The largest absolute Gasteiger partial charge is 0.506 e. The lowest BCUT2D eigenvalue weighted by atomic mass is 10.1. The molecule has 1 fully saturated rings. The summed E-state index contributed by atoms with van der Waals surface area (Å²) < 4.78 is 0. The van der Waals surface area contributed by atoms with E-state index in [9.17, 15) is 9.90 Å². The Morgan fingerprint density at radius 3 is 3.00 bits per heavy atom. The number of phenolic OH excluding ortho intramolecular Hbond substituents is 1. The van der Waals surface area contributed by atoms with Crippen LogP contribution >= 0.6 is 24.2 Å². The van der Waals surface area contributed by atoms with Crippen molar-refractivity contribution in [2.45, 2.75) is 25.8 Å². The van der Waals surface area contributed by atoms with Crippen LogP contribution in [0.15, 0.2) is 18.2 Å². The summed E-state index contributed by atoms with van der Waals surface area (Å²) in [6.45, 7) is 3.00. The standard InChI is InChI=1S/C14H20N2O2S.ClH/c1-2-10-3-4-13(17)12(7-10)16-14(18)8-11-9-19-6-5-15-11;/h3-4,7,11,15,17H,2,5-6,8-9H2,1H3,(H,16,18);1H. The Labute approximate surface area is 130 Å². The van der Waals surface area contributed by atoms with Crippen LogP contribution in [-0.2, 0) is 11.2 Å². The van der Waals surface area contributed by atoms with Crippen molar-refractivity contribution >= 4 is 35.8 Å². The van der Waals surface area contributed by atoms with Gasteiger partial charge in [-0.25, -0.2) is 0 Å². The second-order valence-corrected chi connectivity index (χ2v) is 5.83. The van der Waals surface area contributed by atoms with Crippen LogP contribution in [0.4, 0.5) is 5.69 Å². The molecule has 2 rings (SSSR count). The van der Waals surface area contributed by atoms with Gasteiger partial charge < -0.3 is 15.7 Å². The predicted octanol–water partition coefficient (Wildman–Crippen LogP) is 2.41. The van der Waals surface area contributed by atoms with E-state index in [1.54, 1.807) is 6.07 Å². The van der Waals surface area contributed by atoms with E-state index in [-0.39, 0.29) is 30.1 Å². The highest BCUT2D eigenvalue weighted by Gasteiger charge is 2.17. The van der Waals surface area contributed by atoms with Gasteiger partial charge in [0.15, 0.2) is 0 Å². The molecule has 0 saturated carbocycles. The summed E-state index contributed by atoms with van der Waals surface area (Å²) in [4.78, 5) is 12.0. The van der Waals surface area contributed by atoms with Crippen LogP contribution in [0.3, 0.4) is 0 Å². The lowest BCUT2D eigenvalue weighted by Crippen LogP contribution is -2.39. The fourth-order valence-corrected chi connectivity index (χ4v) is 3.03. The number of halogens is 1. The second kappa shape index (κ2) is 8.39. The number of aryl methyl sites for hydroxylation is 1. The lowest BCUT2D eigenvalue weighted by molar-refractivity contribution is -0.116. The maximum atomic E-state index is 12.0. The van der Waals surface area contributed by atoms with Crippen molar-refractivity contribution in [2.24, 2.45) is 0 Å². The summed E-state index contributed by atoms with van der Waals surface area (Å²) in [5.74, 6) is 2.14. The van der Waals surface area contributed by atoms with Gasteiger partial charge in [0.2, 0.25) is 5.91 Å². The number of aromatic hydroxyl groups is 1. The quantitative estimate of drug-likeness (QED) is 0.747. The molecule has 0 bridgehead atoms. The molecule has 3 N–H and O–H groups in total. The Bertz CT molecular complexity index is 451. The summed E-state index contributed by atoms with van der Waals surface area (Å²) >= 11 is 1.87. The van der Waals surface area contributed by atoms with Gasteiger partial charge in [-0.1, -0.05) is 13.0 Å². The van der Waals surface area contributed by atoms with Gasteiger partial charge in [-0.2, -0.15) is 11.8 Å². The summed E-state index contributed by atoms with van der Waals surface area (Å²) in [5.41, 5.74) is 1.60. The van der Waals surface area contributed by atoms with E-state index in [1.807, 2.05) is 30.8 Å². The molecule has 1 aromatic carbocycles. The minimum atomic E-state index is -0.0523. The molecule has 1 amide bonds. The molecule has 1 aliphatic heterocycles. The molecule has 112 valence electrons. The normalized spacial score (nSPS) is 18.1. The van der Waals surface area contributed by atoms with Crippen LogP contribution in [0.5, 0.6) is 5.75 Å². The third-order valence-electron chi connectivity index (χ3n) is 3.17. The molecule has 1 aliphatic rings. The van der Waals surface area contributed by atoms with Gasteiger partial charge in [-0.3, -0.25) is 4.79 Å². The van der Waals surface area contributed by atoms with E-state index in [2.05, 4.69) is 10.6 Å². The molecular weight excluding hydrogens is 296 g/mol. The molecule has 1 aromatic rings. The molecule has 0 aliphatic carbocycles. The van der Waals surface area contributed by atoms with E-state index in [4.69, 9.17) is 0 Å². The second-order valence-electron chi connectivity index (χ2n) is 4.68. The van der Waals surface area contributed by atoms with E-state index in [0.29, 0.717) is 12.1 Å². The van der Waals surface area contributed by atoms with Gasteiger partial charge in [0.1, 0.15) is 5.75 Å². The van der Waals surface area contributed by atoms with E-state index in [1.165, 1.54) is 0 Å². The zero-order valence-corrected chi connectivity index (χ0v) is 13.1. The summed E-state index contributed by atoms with van der Waals surface area (Å²) in [7, 11) is 0. The van der Waals surface area contributed by atoms with Gasteiger partial charge in [-0.15, -0.1) is 12.4 Å². The van der Waals surface area contributed by atoms with Crippen LogP contribution in [0.2, 0.25) is 0 Å². The first-order valence-electron chi connectivity index (χ1n) is 6.62. The molecule has 1 heterocycles. The Morgan fingerprint density at radius 2 is 2.35 bits per heavy atom. The van der Waals surface area contributed by atoms with Crippen molar-refractivity contribution < 1.29 is 9.90 Å². The van der Waals surface area contributed by atoms with Crippen molar-refractivity contribution in [2.75, 3.05) is 23.4 Å². The smallest absolute Gasteiger partial charge is 0.226 e. The fourth-order valence-electron chi connectivity index (χ4n) is 2.08. The minimum absolute atomic E-state index is 0. The number of carbonyl (C=O) groups is 1. The van der Waals surface area contributed by atoms with Gasteiger partial charge in [0.25, 0.3) is 0 Å². The molecular formula is C14H21ClN2O2S. The van der Waals surface area contributed by atoms with Crippen molar-refractivity contribution in [3.05, 3.63) is 23.8 Å². The van der Waals surface area contributed by atoms with Gasteiger partial charge >= 0.3 is 0 Å². The first kappa shape index (κ1) is 17.1. The number of nitrogens with one attached hydrogen (secondary N) is 2. The third kappa shape index (κ3) is 4.89. The molecule has 20 heavy (non-hydrogen) atoms. The monoisotopic (exact) mass is 316 g/mol. The first-order valence-corrected chi connectivity index (χ1v) is 7.77. The van der Waals surface area contributed by atoms with E-state index in [0.717, 1.165) is 30.0 Å². The molecule has 0 radical (unpaired) electrons. The van der Waals surface area contributed by atoms with Crippen LogP contribution < -0.4 is 10.6 Å². The molecule has 1 atom stereocenters. The van der Waals surface area contributed by atoms with Gasteiger partial charge in [0.05, 0.1) is 5.69 Å². The number of thioether (sulfide) groups is 1. The van der Waals surface area contributed by atoms with Crippen molar-refractivity contribution in [1.82, 2.24) is 5.32 Å². The third-order valence-corrected chi connectivity index (χ3v) is 4.30. The number of rotatable bonds is 4. The van der Waals surface area contributed by atoms with Crippen LogP contribution in [0, 0.1) is 0 Å². The average Bonchev–Trinajstić information content (AvgIpc) is 2.42. The molecule has 0 spiro atoms. The number of carbonyl (C=O) groups excluding carboxylic acids is 1. The summed E-state index contributed by atoms with van der Waals surface area (Å²) in [6.07, 6.45) is 1.33. The zero-order chi connectivity index (χ0) is 13.7. The van der Waals surface area contributed by atoms with Crippen molar-refractivity contribution in [3.8, 4) is 5.75 Å². The molecule has 6 heteroatoms. The van der Waals surface area contributed by atoms with Gasteiger partial charge in [-0.05, 0) is 24.1 Å². The number of benzene rings is 1. The molecule has 4 nitrogen and oxygen atoms in total. The lowest BCUT2D eigenvalue weighted by Gasteiger charge is -2.22. The Balaban J connectivity index is 0.00000200. The number of phenols is 1. The highest BCUT2D eigenvalue weighted by molar-refractivity contribution is 7.99. The number of hydrogen-bond acceptors (Lipinski definition) is 4. The molecule has 0 aromatic heterocycles. The fraction of sp³-hybridized carbons (Fsp3) is 0.500. The van der Waals surface area contributed by atoms with Crippen LogP contribution in [0.25, 0.3) is 0 Å². The predicted molar refractivity (Wildman–Crippen MR) is 87.1 cm³/mol. The minimum Gasteiger partial charge on any atom is -0.506 e. The SMILES string of the molecule is CCc1ccc(O)c(NC(=O)CC2CSCCN2)c1.Cl. The van der Waals surface area contributed by atoms with Gasteiger partial charge in [0, 0.05) is 30.5 Å². The molecule has 1 unspecified atom stereocenters. The number of anilines is 1.